The zero-order valence-electron chi connectivity index (χ0n) is 20.1. The minimum absolute atomic E-state index is 0.0633. The zero-order valence-corrected chi connectivity index (χ0v) is 20.1. The van der Waals surface area contributed by atoms with Gasteiger partial charge in [-0.3, -0.25) is 9.69 Å². The van der Waals surface area contributed by atoms with Gasteiger partial charge in [0.2, 0.25) is 11.9 Å². The first-order chi connectivity index (χ1) is 18.1. The minimum atomic E-state index is -2.78. The van der Waals surface area contributed by atoms with E-state index in [1.165, 1.54) is 11.1 Å². The second kappa shape index (κ2) is 9.48. The summed E-state index contributed by atoms with van der Waals surface area (Å²) in [5.41, 5.74) is 0.940. The smallest absolute Gasteiger partial charge is 0.254 e. The number of carbonyl (C=O) groups excluding carboxylic acids is 1. The molecule has 0 unspecified atom stereocenters. The maximum absolute atomic E-state index is 13.9. The number of amides is 1. The van der Waals surface area contributed by atoms with Gasteiger partial charge in [0.15, 0.2) is 23.2 Å². The molecule has 5 rings (SSSR count). The number of aromatic hydroxyl groups is 1. The summed E-state index contributed by atoms with van der Waals surface area (Å²) in [6.07, 6.45) is 0.955. The molecule has 2 heterocycles. The third kappa shape index (κ3) is 4.55. The first-order valence-corrected chi connectivity index (χ1v) is 11.9. The number of phenolic OH excluding ortho intramolecular Hbond substituents is 1. The molecule has 1 atom stereocenters. The Bertz CT molecular complexity index is 1430. The molecule has 1 fully saturated rings. The van der Waals surface area contributed by atoms with E-state index in [1.807, 2.05) is 6.07 Å². The van der Waals surface area contributed by atoms with Crippen LogP contribution in [0.1, 0.15) is 38.2 Å². The number of nitrogens with zero attached hydrogens (tertiary/aromatic N) is 5. The number of carbonyl (C=O) groups is 1. The van der Waals surface area contributed by atoms with Crippen LogP contribution in [-0.2, 0) is 4.79 Å². The Balaban J connectivity index is 1.60. The molecule has 196 valence electrons. The van der Waals surface area contributed by atoms with Gasteiger partial charge in [-0.2, -0.15) is 10.2 Å². The van der Waals surface area contributed by atoms with Crippen molar-refractivity contribution in [3.8, 4) is 11.8 Å². The fraction of sp³-hybridized carbons (Fsp3) is 0.308. The zero-order chi connectivity index (χ0) is 27.2. The molecule has 12 heteroatoms. The van der Waals surface area contributed by atoms with E-state index in [2.05, 4.69) is 15.3 Å². The number of phenols is 1. The van der Waals surface area contributed by atoms with Gasteiger partial charge in [-0.25, -0.2) is 22.5 Å². The first-order valence-electron chi connectivity index (χ1n) is 11.9. The molecule has 38 heavy (non-hydrogen) atoms. The lowest BCUT2D eigenvalue weighted by Gasteiger charge is -2.46. The Hall–Kier alpha value is -4.40. The fourth-order valence-electron chi connectivity index (χ4n) is 4.92. The molecule has 0 spiro atoms. The molecule has 8 nitrogen and oxygen atoms in total. The highest BCUT2D eigenvalue weighted by atomic mass is 19.3. The average Bonchev–Trinajstić information content (AvgIpc) is 2.89. The van der Waals surface area contributed by atoms with E-state index in [9.17, 15) is 32.7 Å². The van der Waals surface area contributed by atoms with Crippen molar-refractivity contribution in [1.29, 1.82) is 5.26 Å². The molecule has 1 aromatic heterocycles. The highest BCUT2D eigenvalue weighted by molar-refractivity contribution is 6.10. The van der Waals surface area contributed by atoms with Gasteiger partial charge in [-0.1, -0.05) is 6.07 Å². The van der Waals surface area contributed by atoms with Gasteiger partial charge in [0.25, 0.3) is 5.91 Å². The Morgan fingerprint density at radius 3 is 2.50 bits per heavy atom. The van der Waals surface area contributed by atoms with Crippen molar-refractivity contribution in [2.75, 3.05) is 15.1 Å². The molecular weight excluding hydrogens is 504 g/mol. The summed E-state index contributed by atoms with van der Waals surface area (Å²) in [6, 6.07) is 8.98. The van der Waals surface area contributed by atoms with Gasteiger partial charge in [0.1, 0.15) is 11.7 Å². The highest BCUT2D eigenvalue weighted by Gasteiger charge is 2.44. The Morgan fingerprint density at radius 1 is 1.16 bits per heavy atom. The van der Waals surface area contributed by atoms with Crippen LogP contribution in [-0.4, -0.2) is 39.0 Å². The van der Waals surface area contributed by atoms with Crippen molar-refractivity contribution in [3.05, 3.63) is 59.8 Å². The van der Waals surface area contributed by atoms with Gasteiger partial charge in [-0.15, -0.1) is 0 Å². The number of anilines is 5. The summed E-state index contributed by atoms with van der Waals surface area (Å²) < 4.78 is 55.6. The Kier molecular flexibility index (Phi) is 6.30. The van der Waals surface area contributed by atoms with Crippen LogP contribution in [0.2, 0.25) is 0 Å². The van der Waals surface area contributed by atoms with E-state index in [4.69, 9.17) is 0 Å². The molecule has 0 radical (unpaired) electrons. The Labute approximate surface area is 215 Å². The SMILES string of the molecule is C[C@@H]1C(=O)N(c2cccc(C#N)c2)c2cnc(Nc3cc(F)c(O)c(F)c3)nc2N1C1CCC(F)(F)CC1. The maximum atomic E-state index is 13.9. The molecule has 0 bridgehead atoms. The lowest BCUT2D eigenvalue weighted by molar-refractivity contribution is -0.119. The van der Waals surface area contributed by atoms with E-state index in [-0.39, 0.29) is 54.7 Å². The average molecular weight is 526 g/mol. The fourth-order valence-corrected chi connectivity index (χ4v) is 4.92. The quantitative estimate of drug-likeness (QED) is 0.340. The predicted molar refractivity (Wildman–Crippen MR) is 131 cm³/mol. The van der Waals surface area contributed by atoms with E-state index < -0.39 is 35.4 Å². The van der Waals surface area contributed by atoms with Crippen molar-refractivity contribution >= 4 is 34.7 Å². The lowest BCUT2D eigenvalue weighted by Crippen LogP contribution is -2.56. The van der Waals surface area contributed by atoms with Crippen molar-refractivity contribution in [2.45, 2.75) is 50.6 Å². The van der Waals surface area contributed by atoms with E-state index >= 15 is 0 Å². The number of hydrogen-bond acceptors (Lipinski definition) is 7. The summed E-state index contributed by atoms with van der Waals surface area (Å²) in [5, 5.41) is 21.4. The third-order valence-electron chi connectivity index (χ3n) is 6.82. The normalized spacial score (nSPS) is 19.2. The number of fused-ring (bicyclic) bond motifs is 1. The van der Waals surface area contributed by atoms with Crippen LogP contribution >= 0.6 is 0 Å². The number of nitrogens with one attached hydrogen (secondary N) is 1. The van der Waals surface area contributed by atoms with Gasteiger partial charge in [0, 0.05) is 36.7 Å². The lowest BCUT2D eigenvalue weighted by atomic mass is 9.89. The van der Waals surface area contributed by atoms with E-state index in [1.54, 1.807) is 36.1 Å². The van der Waals surface area contributed by atoms with Crippen LogP contribution in [0.25, 0.3) is 0 Å². The number of hydrogen-bond donors (Lipinski definition) is 2. The van der Waals surface area contributed by atoms with Gasteiger partial charge >= 0.3 is 0 Å². The molecule has 2 aliphatic rings. The standard InChI is InChI=1S/C26H22F4N6O2/c1-14-24(38)36(18-4-2-3-15(9-18)12-31)21-13-32-25(33-16-10-19(27)22(37)20(28)11-16)34-23(21)35(14)17-5-7-26(29,30)8-6-17/h2-4,9-11,13-14,17,37H,5-8H2,1H3,(H,32,33,34)/t14-/m1/s1. The number of rotatable bonds is 4. The molecule has 1 saturated carbocycles. The summed E-state index contributed by atoms with van der Waals surface area (Å²) in [5.74, 6) is -6.41. The molecule has 2 aromatic carbocycles. The first kappa shape index (κ1) is 25.3. The molecular formula is C26H22F4N6O2. The maximum Gasteiger partial charge on any atom is 0.254 e. The third-order valence-corrected chi connectivity index (χ3v) is 6.82. The number of halogens is 4. The van der Waals surface area contributed by atoms with Crippen molar-refractivity contribution in [3.63, 3.8) is 0 Å². The molecule has 1 amide bonds. The van der Waals surface area contributed by atoms with Crippen molar-refractivity contribution in [1.82, 2.24) is 9.97 Å². The number of benzene rings is 2. The van der Waals surface area contributed by atoms with Gasteiger partial charge in [0.05, 0.1) is 23.5 Å². The summed E-state index contributed by atoms with van der Waals surface area (Å²) >= 11 is 0. The molecule has 1 aliphatic carbocycles. The van der Waals surface area contributed by atoms with Crippen LogP contribution in [0.5, 0.6) is 5.75 Å². The second-order valence-corrected chi connectivity index (χ2v) is 9.32. The van der Waals surface area contributed by atoms with Crippen LogP contribution in [0.4, 0.5) is 46.4 Å². The number of alkyl halides is 2. The largest absolute Gasteiger partial charge is 0.503 e. The number of nitriles is 1. The van der Waals surface area contributed by atoms with Crippen LogP contribution < -0.4 is 15.1 Å². The predicted octanol–water partition coefficient (Wildman–Crippen LogP) is 5.53. The molecule has 2 N–H and O–H groups in total. The van der Waals surface area contributed by atoms with Gasteiger partial charge in [-0.05, 0) is 38.0 Å². The van der Waals surface area contributed by atoms with Crippen molar-refractivity contribution in [2.24, 2.45) is 0 Å². The second-order valence-electron chi connectivity index (χ2n) is 9.32. The molecule has 3 aromatic rings. The van der Waals surface area contributed by atoms with Crippen LogP contribution in [0, 0.1) is 23.0 Å². The number of aromatic nitrogens is 2. The Morgan fingerprint density at radius 2 is 1.84 bits per heavy atom. The summed E-state index contributed by atoms with van der Waals surface area (Å²) in [6.45, 7) is 1.65. The molecule has 1 aliphatic heterocycles. The minimum Gasteiger partial charge on any atom is -0.503 e. The van der Waals surface area contributed by atoms with E-state index in [0.717, 1.165) is 12.1 Å². The molecule has 0 saturated heterocycles. The summed E-state index contributed by atoms with van der Waals surface area (Å²) in [4.78, 5) is 25.4. The highest BCUT2D eigenvalue weighted by Crippen LogP contribution is 2.44. The van der Waals surface area contributed by atoms with Crippen molar-refractivity contribution < 1.29 is 27.5 Å². The topological polar surface area (TPSA) is 105 Å². The van der Waals surface area contributed by atoms with Crippen LogP contribution in [0.15, 0.2) is 42.6 Å². The monoisotopic (exact) mass is 526 g/mol. The van der Waals surface area contributed by atoms with Crippen LogP contribution in [0.3, 0.4) is 0 Å². The van der Waals surface area contributed by atoms with Gasteiger partial charge < -0.3 is 15.3 Å². The summed E-state index contributed by atoms with van der Waals surface area (Å²) in [7, 11) is 0. The van der Waals surface area contributed by atoms with E-state index in [0.29, 0.717) is 11.3 Å².